The van der Waals surface area contributed by atoms with Gasteiger partial charge in [-0.2, -0.15) is 0 Å². The Morgan fingerprint density at radius 3 is 2.52 bits per heavy atom. The number of nitrogens with zero attached hydrogens (tertiary/aromatic N) is 1. The molecule has 1 aliphatic rings. The van der Waals surface area contributed by atoms with Crippen LogP contribution < -0.4 is 15.5 Å². The number of aliphatic hydroxyl groups is 1. The molecule has 0 spiro atoms. The van der Waals surface area contributed by atoms with Gasteiger partial charge in [-0.05, 0) is 35.4 Å². The van der Waals surface area contributed by atoms with Crippen molar-refractivity contribution in [1.29, 1.82) is 0 Å². The number of piperazine rings is 1. The van der Waals surface area contributed by atoms with Crippen LogP contribution in [0.15, 0.2) is 48.5 Å². The van der Waals surface area contributed by atoms with Crippen molar-refractivity contribution in [2.45, 2.75) is 19.2 Å². The molecular formula is C19H22FN3O2. The van der Waals surface area contributed by atoms with Gasteiger partial charge < -0.3 is 20.6 Å². The van der Waals surface area contributed by atoms with Crippen molar-refractivity contribution < 1.29 is 14.3 Å². The summed E-state index contributed by atoms with van der Waals surface area (Å²) < 4.78 is 13.1. The molecule has 1 amide bonds. The van der Waals surface area contributed by atoms with E-state index in [-0.39, 0.29) is 24.4 Å². The first-order chi connectivity index (χ1) is 12.2. The lowest BCUT2D eigenvalue weighted by Gasteiger charge is -2.34. The molecule has 2 aromatic carbocycles. The summed E-state index contributed by atoms with van der Waals surface area (Å²) in [6.45, 7) is 2.47. The summed E-state index contributed by atoms with van der Waals surface area (Å²) >= 11 is 0. The molecule has 1 fully saturated rings. The Morgan fingerprint density at radius 2 is 1.84 bits per heavy atom. The first kappa shape index (κ1) is 17.4. The summed E-state index contributed by atoms with van der Waals surface area (Å²) in [7, 11) is 0. The maximum Gasteiger partial charge on any atom is 0.239 e. The third-order valence-corrected chi connectivity index (χ3v) is 4.36. The third-order valence-electron chi connectivity index (χ3n) is 4.36. The molecule has 1 heterocycles. The molecule has 1 atom stereocenters. The van der Waals surface area contributed by atoms with Gasteiger partial charge in [0.1, 0.15) is 11.9 Å². The molecule has 3 N–H and O–H groups in total. The molecule has 1 unspecified atom stereocenters. The van der Waals surface area contributed by atoms with Crippen LogP contribution in [0.5, 0.6) is 0 Å². The highest BCUT2D eigenvalue weighted by Gasteiger charge is 2.25. The Kier molecular flexibility index (Phi) is 5.63. The number of nitrogens with one attached hydrogen (secondary N) is 2. The quantitative estimate of drug-likeness (QED) is 0.768. The molecule has 0 aromatic heterocycles. The standard InChI is InChI=1S/C19H22FN3O2/c20-16-5-7-17(8-6-16)23-10-9-21-18(12-23)19(25)22-11-14-1-3-15(13-24)4-2-14/h1-8,18,21,24H,9-13H2,(H,22,25). The predicted molar refractivity (Wildman–Crippen MR) is 94.6 cm³/mol. The third kappa shape index (κ3) is 4.55. The summed E-state index contributed by atoms with van der Waals surface area (Å²) in [6.07, 6.45) is 0. The van der Waals surface area contributed by atoms with Gasteiger partial charge in [0, 0.05) is 31.9 Å². The van der Waals surface area contributed by atoms with Crippen LogP contribution in [0.3, 0.4) is 0 Å². The molecule has 0 radical (unpaired) electrons. The van der Waals surface area contributed by atoms with Crippen LogP contribution in [0, 0.1) is 5.82 Å². The molecule has 3 rings (SSSR count). The van der Waals surface area contributed by atoms with Gasteiger partial charge in [0.05, 0.1) is 6.61 Å². The van der Waals surface area contributed by atoms with Crippen molar-refractivity contribution in [3.05, 3.63) is 65.5 Å². The number of anilines is 1. The fourth-order valence-corrected chi connectivity index (χ4v) is 2.89. The SMILES string of the molecule is O=C(NCc1ccc(CO)cc1)C1CN(c2ccc(F)cc2)CCN1. The molecule has 25 heavy (non-hydrogen) atoms. The molecule has 0 bridgehead atoms. The zero-order valence-corrected chi connectivity index (χ0v) is 13.9. The van der Waals surface area contributed by atoms with Gasteiger partial charge in [0.2, 0.25) is 5.91 Å². The number of hydrogen-bond acceptors (Lipinski definition) is 4. The lowest BCUT2D eigenvalue weighted by molar-refractivity contribution is -0.123. The van der Waals surface area contributed by atoms with E-state index >= 15 is 0 Å². The van der Waals surface area contributed by atoms with Crippen molar-refractivity contribution in [3.63, 3.8) is 0 Å². The van der Waals surface area contributed by atoms with Crippen molar-refractivity contribution >= 4 is 11.6 Å². The van der Waals surface area contributed by atoms with Crippen molar-refractivity contribution in [2.75, 3.05) is 24.5 Å². The minimum atomic E-state index is -0.310. The van der Waals surface area contributed by atoms with Crippen molar-refractivity contribution in [2.24, 2.45) is 0 Å². The Morgan fingerprint density at radius 1 is 1.16 bits per heavy atom. The second-order valence-electron chi connectivity index (χ2n) is 6.12. The van der Waals surface area contributed by atoms with Gasteiger partial charge in [-0.15, -0.1) is 0 Å². The van der Waals surface area contributed by atoms with E-state index in [1.807, 2.05) is 24.3 Å². The molecule has 2 aromatic rings. The minimum absolute atomic E-state index is 0.0118. The number of benzene rings is 2. The zero-order valence-electron chi connectivity index (χ0n) is 13.9. The molecule has 0 aliphatic carbocycles. The van der Waals surface area contributed by atoms with E-state index in [1.54, 1.807) is 12.1 Å². The van der Waals surface area contributed by atoms with Gasteiger partial charge in [-0.3, -0.25) is 4.79 Å². The fourth-order valence-electron chi connectivity index (χ4n) is 2.89. The van der Waals surface area contributed by atoms with Gasteiger partial charge in [0.25, 0.3) is 0 Å². The van der Waals surface area contributed by atoms with E-state index in [2.05, 4.69) is 15.5 Å². The van der Waals surface area contributed by atoms with E-state index in [4.69, 9.17) is 5.11 Å². The topological polar surface area (TPSA) is 64.6 Å². The van der Waals surface area contributed by atoms with E-state index in [1.165, 1.54) is 12.1 Å². The maximum absolute atomic E-state index is 13.1. The molecular weight excluding hydrogens is 321 g/mol. The Labute approximate surface area is 146 Å². The lowest BCUT2D eigenvalue weighted by atomic mass is 10.1. The van der Waals surface area contributed by atoms with Crippen LogP contribution >= 0.6 is 0 Å². The average molecular weight is 343 g/mol. The summed E-state index contributed by atoms with van der Waals surface area (Å²) in [5, 5.41) is 15.2. The average Bonchev–Trinajstić information content (AvgIpc) is 2.67. The normalized spacial score (nSPS) is 17.4. The number of amides is 1. The molecule has 1 saturated heterocycles. The zero-order chi connectivity index (χ0) is 17.6. The smallest absolute Gasteiger partial charge is 0.239 e. The van der Waals surface area contributed by atoms with Crippen LogP contribution in [0.4, 0.5) is 10.1 Å². The first-order valence-electron chi connectivity index (χ1n) is 8.36. The fraction of sp³-hybridized carbons (Fsp3) is 0.316. The highest BCUT2D eigenvalue weighted by Crippen LogP contribution is 2.16. The summed E-state index contributed by atoms with van der Waals surface area (Å²) in [5.74, 6) is -0.321. The van der Waals surface area contributed by atoms with Crippen LogP contribution in [0.2, 0.25) is 0 Å². The number of hydrogen-bond donors (Lipinski definition) is 3. The second kappa shape index (κ2) is 8.09. The molecule has 1 aliphatic heterocycles. The maximum atomic E-state index is 13.1. The van der Waals surface area contributed by atoms with Crippen LogP contribution in [-0.2, 0) is 17.9 Å². The second-order valence-corrected chi connectivity index (χ2v) is 6.12. The predicted octanol–water partition coefficient (Wildman–Crippen LogP) is 1.41. The number of carbonyl (C=O) groups excluding carboxylic acids is 1. The highest BCUT2D eigenvalue weighted by molar-refractivity contribution is 5.82. The lowest BCUT2D eigenvalue weighted by Crippen LogP contribution is -2.57. The van der Waals surface area contributed by atoms with E-state index in [9.17, 15) is 9.18 Å². The number of aliphatic hydroxyl groups excluding tert-OH is 1. The van der Waals surface area contributed by atoms with Crippen LogP contribution in [0.25, 0.3) is 0 Å². The Balaban J connectivity index is 1.55. The van der Waals surface area contributed by atoms with Crippen LogP contribution in [-0.4, -0.2) is 36.7 Å². The summed E-state index contributed by atoms with van der Waals surface area (Å²) in [4.78, 5) is 14.5. The summed E-state index contributed by atoms with van der Waals surface area (Å²) in [6, 6.07) is 13.5. The van der Waals surface area contributed by atoms with Crippen molar-refractivity contribution in [3.8, 4) is 0 Å². The monoisotopic (exact) mass is 343 g/mol. The largest absolute Gasteiger partial charge is 0.392 e. The van der Waals surface area contributed by atoms with Gasteiger partial charge in [-0.1, -0.05) is 24.3 Å². The Hall–Kier alpha value is -2.44. The molecule has 0 saturated carbocycles. The van der Waals surface area contributed by atoms with Crippen LogP contribution in [0.1, 0.15) is 11.1 Å². The highest BCUT2D eigenvalue weighted by atomic mass is 19.1. The van der Waals surface area contributed by atoms with Gasteiger partial charge in [-0.25, -0.2) is 4.39 Å². The molecule has 6 heteroatoms. The summed E-state index contributed by atoms with van der Waals surface area (Å²) in [5.41, 5.74) is 2.75. The van der Waals surface area contributed by atoms with Gasteiger partial charge in [0.15, 0.2) is 0 Å². The van der Waals surface area contributed by atoms with E-state index in [0.29, 0.717) is 19.6 Å². The van der Waals surface area contributed by atoms with Gasteiger partial charge >= 0.3 is 0 Å². The Bertz CT molecular complexity index is 704. The molecule has 132 valence electrons. The minimum Gasteiger partial charge on any atom is -0.392 e. The number of rotatable bonds is 5. The number of halogens is 1. The van der Waals surface area contributed by atoms with E-state index < -0.39 is 0 Å². The first-order valence-corrected chi connectivity index (χ1v) is 8.36. The molecule has 5 nitrogen and oxygen atoms in total. The number of carbonyl (C=O) groups is 1. The van der Waals surface area contributed by atoms with E-state index in [0.717, 1.165) is 23.4 Å². The van der Waals surface area contributed by atoms with Crippen molar-refractivity contribution in [1.82, 2.24) is 10.6 Å².